The number of hydrogen-bond donors (Lipinski definition) is 0. The van der Waals surface area contributed by atoms with Gasteiger partial charge in [-0.15, -0.1) is 0 Å². The fourth-order valence-electron chi connectivity index (χ4n) is 1.79. The van der Waals surface area contributed by atoms with Gasteiger partial charge < -0.3 is 4.74 Å². The highest BCUT2D eigenvalue weighted by Gasteiger charge is 2.30. The zero-order valence-electron chi connectivity index (χ0n) is 10.8. The first kappa shape index (κ1) is 13.0. The number of allylic oxidation sites excluding steroid dienone is 2. The largest absolute Gasteiger partial charge is 0.490 e. The lowest BCUT2D eigenvalue weighted by Crippen LogP contribution is -2.17. The van der Waals surface area contributed by atoms with Gasteiger partial charge in [-0.3, -0.25) is 4.79 Å². The molecule has 90 valence electrons. The Labute approximate surface area is 98.4 Å². The molecule has 2 nitrogen and oxygen atoms in total. The minimum Gasteiger partial charge on any atom is -0.490 e. The summed E-state index contributed by atoms with van der Waals surface area (Å²) in [4.78, 5) is 11.0. The van der Waals surface area contributed by atoms with Gasteiger partial charge in [-0.05, 0) is 38.3 Å². The van der Waals surface area contributed by atoms with Crippen molar-refractivity contribution in [2.75, 3.05) is 0 Å². The molecule has 0 aliphatic carbocycles. The highest BCUT2D eigenvalue weighted by atomic mass is 16.5. The predicted molar refractivity (Wildman–Crippen MR) is 66.1 cm³/mol. The van der Waals surface area contributed by atoms with E-state index in [-0.39, 0.29) is 17.3 Å². The molecule has 1 atom stereocenters. The molecule has 2 heteroatoms. The molecule has 0 N–H and O–H groups in total. The van der Waals surface area contributed by atoms with Crippen LogP contribution in [0.5, 0.6) is 0 Å². The maximum atomic E-state index is 11.0. The molecule has 1 aliphatic rings. The summed E-state index contributed by atoms with van der Waals surface area (Å²) in [5.41, 5.74) is 1.14. The minimum atomic E-state index is 0.00312. The standard InChI is InChI=1S/C14H22O2/c1-10-8-9-14(4,5)13(16-12(10)3)7-6-11(2)15/h7,12H,1,6,8-9H2,2-5H3. The molecule has 1 saturated heterocycles. The van der Waals surface area contributed by atoms with Crippen molar-refractivity contribution in [1.82, 2.24) is 0 Å². The van der Waals surface area contributed by atoms with Crippen molar-refractivity contribution < 1.29 is 9.53 Å². The Kier molecular flexibility index (Phi) is 3.95. The van der Waals surface area contributed by atoms with Crippen LogP contribution in [0.15, 0.2) is 24.0 Å². The van der Waals surface area contributed by atoms with Crippen LogP contribution in [0.4, 0.5) is 0 Å². The summed E-state index contributed by atoms with van der Waals surface area (Å²) in [6, 6.07) is 0. The second-order valence-electron chi connectivity index (χ2n) is 5.28. The summed E-state index contributed by atoms with van der Waals surface area (Å²) in [7, 11) is 0. The second kappa shape index (κ2) is 4.86. The first-order valence-electron chi connectivity index (χ1n) is 5.87. The van der Waals surface area contributed by atoms with Crippen LogP contribution >= 0.6 is 0 Å². The van der Waals surface area contributed by atoms with Gasteiger partial charge in [-0.1, -0.05) is 20.4 Å². The molecule has 1 unspecified atom stereocenters. The zero-order valence-corrected chi connectivity index (χ0v) is 10.8. The van der Waals surface area contributed by atoms with Crippen molar-refractivity contribution in [2.45, 2.75) is 53.1 Å². The number of ketones is 1. The van der Waals surface area contributed by atoms with Gasteiger partial charge in [0.05, 0.1) is 5.76 Å². The molecule has 0 aromatic rings. The van der Waals surface area contributed by atoms with E-state index in [2.05, 4.69) is 20.4 Å². The summed E-state index contributed by atoms with van der Waals surface area (Å²) in [5.74, 6) is 1.11. The Morgan fingerprint density at radius 2 is 2.25 bits per heavy atom. The smallest absolute Gasteiger partial charge is 0.133 e. The van der Waals surface area contributed by atoms with Crippen LogP contribution in [-0.2, 0) is 9.53 Å². The molecule has 0 aromatic carbocycles. The van der Waals surface area contributed by atoms with E-state index in [0.29, 0.717) is 6.42 Å². The molecule has 1 fully saturated rings. The SMILES string of the molecule is C=C1CCC(C)(C)C(=CCC(C)=O)OC1C. The van der Waals surface area contributed by atoms with Crippen molar-refractivity contribution in [1.29, 1.82) is 0 Å². The van der Waals surface area contributed by atoms with Crippen molar-refractivity contribution in [3.05, 3.63) is 24.0 Å². The highest BCUT2D eigenvalue weighted by Crippen LogP contribution is 2.39. The average Bonchev–Trinajstić information content (AvgIpc) is 2.27. The summed E-state index contributed by atoms with van der Waals surface area (Å²) in [5, 5.41) is 0. The number of carbonyl (C=O) groups is 1. The Hall–Kier alpha value is -1.05. The van der Waals surface area contributed by atoms with Gasteiger partial charge in [0, 0.05) is 11.8 Å². The molecule has 0 amide bonds. The van der Waals surface area contributed by atoms with E-state index >= 15 is 0 Å². The highest BCUT2D eigenvalue weighted by molar-refractivity contribution is 5.77. The van der Waals surface area contributed by atoms with Gasteiger partial charge in [-0.2, -0.15) is 0 Å². The Morgan fingerprint density at radius 1 is 1.62 bits per heavy atom. The molecular formula is C14H22O2. The van der Waals surface area contributed by atoms with Crippen molar-refractivity contribution in [3.8, 4) is 0 Å². The van der Waals surface area contributed by atoms with Crippen LogP contribution in [-0.4, -0.2) is 11.9 Å². The fraction of sp³-hybridized carbons (Fsp3) is 0.643. The van der Waals surface area contributed by atoms with Crippen LogP contribution in [0.2, 0.25) is 0 Å². The molecule has 0 saturated carbocycles. The quantitative estimate of drug-likeness (QED) is 0.667. The van der Waals surface area contributed by atoms with E-state index in [4.69, 9.17) is 4.74 Å². The molecule has 1 heterocycles. The van der Waals surface area contributed by atoms with E-state index < -0.39 is 0 Å². The van der Waals surface area contributed by atoms with Gasteiger partial charge >= 0.3 is 0 Å². The molecule has 1 aliphatic heterocycles. The molecule has 0 bridgehead atoms. The number of carbonyl (C=O) groups excluding carboxylic acids is 1. The van der Waals surface area contributed by atoms with Crippen molar-refractivity contribution in [2.24, 2.45) is 5.41 Å². The average molecular weight is 222 g/mol. The number of ether oxygens (including phenoxy) is 1. The topological polar surface area (TPSA) is 26.3 Å². The number of Topliss-reactive ketones (excluding diaryl/α,β-unsaturated/α-hetero) is 1. The lowest BCUT2D eigenvalue weighted by Gasteiger charge is -2.26. The summed E-state index contributed by atoms with van der Waals surface area (Å²) < 4.78 is 5.90. The molecular weight excluding hydrogens is 200 g/mol. The van der Waals surface area contributed by atoms with E-state index in [1.807, 2.05) is 13.0 Å². The Balaban J connectivity index is 2.89. The monoisotopic (exact) mass is 222 g/mol. The zero-order chi connectivity index (χ0) is 12.3. The molecule has 0 spiro atoms. The van der Waals surface area contributed by atoms with E-state index in [9.17, 15) is 4.79 Å². The van der Waals surface area contributed by atoms with Gasteiger partial charge in [0.25, 0.3) is 0 Å². The lowest BCUT2D eigenvalue weighted by atomic mass is 9.84. The summed E-state index contributed by atoms with van der Waals surface area (Å²) in [6.07, 6.45) is 4.46. The van der Waals surface area contributed by atoms with E-state index in [1.165, 1.54) is 0 Å². The second-order valence-corrected chi connectivity index (χ2v) is 5.28. The van der Waals surface area contributed by atoms with Gasteiger partial charge in [0.15, 0.2) is 0 Å². The van der Waals surface area contributed by atoms with Crippen LogP contribution in [0.25, 0.3) is 0 Å². The molecule has 16 heavy (non-hydrogen) atoms. The maximum absolute atomic E-state index is 11.0. The van der Waals surface area contributed by atoms with Gasteiger partial charge in [0.2, 0.25) is 0 Å². The van der Waals surface area contributed by atoms with Crippen LogP contribution in [0.1, 0.15) is 47.0 Å². The fourth-order valence-corrected chi connectivity index (χ4v) is 1.79. The third-order valence-corrected chi connectivity index (χ3v) is 3.19. The number of hydrogen-bond acceptors (Lipinski definition) is 2. The summed E-state index contributed by atoms with van der Waals surface area (Å²) in [6.45, 7) is 12.0. The summed E-state index contributed by atoms with van der Waals surface area (Å²) >= 11 is 0. The van der Waals surface area contributed by atoms with Crippen molar-refractivity contribution >= 4 is 5.78 Å². The minimum absolute atomic E-state index is 0.00312. The van der Waals surface area contributed by atoms with Crippen LogP contribution < -0.4 is 0 Å². The first-order valence-corrected chi connectivity index (χ1v) is 5.87. The molecule has 1 rings (SSSR count). The number of rotatable bonds is 2. The third kappa shape index (κ3) is 3.22. The molecule has 0 radical (unpaired) electrons. The Morgan fingerprint density at radius 3 is 2.81 bits per heavy atom. The molecule has 0 aromatic heterocycles. The normalized spacial score (nSPS) is 27.4. The lowest BCUT2D eigenvalue weighted by molar-refractivity contribution is -0.116. The van der Waals surface area contributed by atoms with E-state index in [0.717, 1.165) is 24.2 Å². The predicted octanol–water partition coefficient (Wildman–Crippen LogP) is 3.63. The van der Waals surface area contributed by atoms with Gasteiger partial charge in [-0.25, -0.2) is 0 Å². The van der Waals surface area contributed by atoms with E-state index in [1.54, 1.807) is 6.92 Å². The third-order valence-electron chi connectivity index (χ3n) is 3.19. The van der Waals surface area contributed by atoms with Crippen LogP contribution in [0.3, 0.4) is 0 Å². The van der Waals surface area contributed by atoms with Gasteiger partial charge in [0.1, 0.15) is 11.9 Å². The maximum Gasteiger partial charge on any atom is 0.133 e. The first-order chi connectivity index (χ1) is 7.33. The van der Waals surface area contributed by atoms with Crippen molar-refractivity contribution in [3.63, 3.8) is 0 Å². The Bertz CT molecular complexity index is 324. The van der Waals surface area contributed by atoms with Crippen LogP contribution in [0, 0.1) is 5.41 Å².